The van der Waals surface area contributed by atoms with Gasteiger partial charge in [0.15, 0.2) is 5.17 Å². The van der Waals surface area contributed by atoms with Crippen molar-refractivity contribution in [2.45, 2.75) is 27.2 Å². The summed E-state index contributed by atoms with van der Waals surface area (Å²) in [6.45, 7) is 6.27. The van der Waals surface area contributed by atoms with Gasteiger partial charge in [0.1, 0.15) is 0 Å². The molecular formula is C24H22BrN3OS. The Bertz CT molecular complexity index is 1180. The Hall–Kier alpha value is -2.57. The van der Waals surface area contributed by atoms with Gasteiger partial charge in [-0.25, -0.2) is 4.99 Å². The summed E-state index contributed by atoms with van der Waals surface area (Å²) in [5.41, 5.74) is 6.43. The lowest BCUT2D eigenvalue weighted by atomic mass is 10.2. The molecular weight excluding hydrogens is 458 g/mol. The van der Waals surface area contributed by atoms with Gasteiger partial charge in [0, 0.05) is 21.5 Å². The third-order valence-electron chi connectivity index (χ3n) is 5.05. The van der Waals surface area contributed by atoms with E-state index in [1.165, 1.54) is 17.3 Å². The number of hydrogen-bond donors (Lipinski definition) is 1. The van der Waals surface area contributed by atoms with Crippen LogP contribution < -0.4 is 5.32 Å². The average Bonchev–Trinajstić information content (AvgIpc) is 3.20. The molecule has 1 fully saturated rings. The van der Waals surface area contributed by atoms with Gasteiger partial charge in [0.05, 0.1) is 10.6 Å². The number of rotatable bonds is 4. The summed E-state index contributed by atoms with van der Waals surface area (Å²) >= 11 is 4.92. The minimum atomic E-state index is -0.115. The first-order chi connectivity index (χ1) is 14.4. The molecule has 1 aliphatic rings. The van der Waals surface area contributed by atoms with Crippen molar-refractivity contribution in [3.63, 3.8) is 0 Å². The molecule has 3 aromatic rings. The van der Waals surface area contributed by atoms with E-state index in [9.17, 15) is 4.79 Å². The van der Waals surface area contributed by atoms with E-state index in [1.54, 1.807) is 0 Å². The highest BCUT2D eigenvalue weighted by atomic mass is 79.9. The molecule has 1 amide bonds. The number of nitrogens with one attached hydrogen (secondary N) is 1. The number of carbonyl (C=O) groups is 1. The number of amidine groups is 1. The molecule has 0 saturated carbocycles. The van der Waals surface area contributed by atoms with Gasteiger partial charge >= 0.3 is 0 Å². The fourth-order valence-electron chi connectivity index (χ4n) is 3.49. The van der Waals surface area contributed by atoms with Crippen LogP contribution in [0.4, 0.5) is 5.69 Å². The molecule has 2 aromatic carbocycles. The fourth-order valence-corrected chi connectivity index (χ4v) is 4.71. The number of halogens is 1. The predicted molar refractivity (Wildman–Crippen MR) is 130 cm³/mol. The molecule has 30 heavy (non-hydrogen) atoms. The van der Waals surface area contributed by atoms with E-state index >= 15 is 0 Å². The molecule has 1 N–H and O–H groups in total. The van der Waals surface area contributed by atoms with Crippen LogP contribution in [0, 0.1) is 13.8 Å². The van der Waals surface area contributed by atoms with E-state index < -0.39 is 0 Å². The zero-order valence-corrected chi connectivity index (χ0v) is 19.5. The molecule has 4 rings (SSSR count). The molecule has 1 aliphatic heterocycles. The second kappa shape index (κ2) is 8.66. The molecule has 0 aliphatic carbocycles. The number of aryl methyl sites for hydroxylation is 2. The maximum absolute atomic E-state index is 12.5. The molecule has 1 saturated heterocycles. The summed E-state index contributed by atoms with van der Waals surface area (Å²) in [4.78, 5) is 17.7. The molecule has 0 unspecified atom stereocenters. The van der Waals surface area contributed by atoms with Gasteiger partial charge in [0.25, 0.3) is 5.91 Å². The summed E-state index contributed by atoms with van der Waals surface area (Å²) in [5, 5.41) is 3.48. The number of carbonyl (C=O) groups excluding carboxylic acids is 1. The largest absolute Gasteiger partial charge is 0.318 e. The molecule has 4 nitrogen and oxygen atoms in total. The van der Waals surface area contributed by atoms with E-state index in [4.69, 9.17) is 0 Å². The number of nitrogens with zero attached hydrogens (tertiary/aromatic N) is 2. The maximum Gasteiger partial charge on any atom is 0.264 e. The van der Waals surface area contributed by atoms with Crippen LogP contribution >= 0.6 is 27.7 Å². The van der Waals surface area contributed by atoms with Gasteiger partial charge in [-0.05, 0) is 85.6 Å². The lowest BCUT2D eigenvalue weighted by Gasteiger charge is -2.10. The Morgan fingerprint density at radius 1 is 1.13 bits per heavy atom. The van der Waals surface area contributed by atoms with Crippen molar-refractivity contribution in [2.24, 2.45) is 4.99 Å². The number of amides is 1. The Kier molecular flexibility index (Phi) is 5.97. The molecule has 0 bridgehead atoms. The van der Waals surface area contributed by atoms with Crippen molar-refractivity contribution in [3.8, 4) is 5.69 Å². The van der Waals surface area contributed by atoms with Gasteiger partial charge in [-0.3, -0.25) is 4.79 Å². The Morgan fingerprint density at radius 3 is 2.60 bits per heavy atom. The SMILES string of the molecule is CCc1ccc(N=C2NC(=O)C(=Cc3cc(C)n(-c4cccc(Br)c4)c3C)S2)cc1. The Labute approximate surface area is 189 Å². The third-order valence-corrected chi connectivity index (χ3v) is 6.45. The number of aliphatic imine (C=N–C) groups is 1. The molecule has 6 heteroatoms. The number of thioether (sulfide) groups is 1. The standard InChI is InChI=1S/C24H22BrN3OS/c1-4-17-8-10-20(11-9-17)26-24-27-23(29)22(30-24)13-18-12-15(2)28(16(18)3)21-7-5-6-19(25)14-21/h5-14H,4H2,1-3H3,(H,26,27,29). The van der Waals surface area contributed by atoms with Crippen LogP contribution in [0.2, 0.25) is 0 Å². The highest BCUT2D eigenvalue weighted by molar-refractivity contribution is 9.10. The Balaban J connectivity index is 1.61. The topological polar surface area (TPSA) is 46.4 Å². The predicted octanol–water partition coefficient (Wildman–Crippen LogP) is 6.31. The monoisotopic (exact) mass is 479 g/mol. The van der Waals surface area contributed by atoms with E-state index in [-0.39, 0.29) is 5.91 Å². The maximum atomic E-state index is 12.5. The number of hydrogen-bond acceptors (Lipinski definition) is 3. The smallest absolute Gasteiger partial charge is 0.264 e. The second-order valence-corrected chi connectivity index (χ2v) is 9.09. The molecule has 1 aromatic heterocycles. The number of aromatic nitrogens is 1. The van der Waals surface area contributed by atoms with Crippen LogP contribution in [0.5, 0.6) is 0 Å². The van der Waals surface area contributed by atoms with Crippen molar-refractivity contribution >= 4 is 50.5 Å². The fraction of sp³-hybridized carbons (Fsp3) is 0.167. The Morgan fingerprint density at radius 2 is 1.90 bits per heavy atom. The van der Waals surface area contributed by atoms with E-state index in [0.717, 1.165) is 39.2 Å². The van der Waals surface area contributed by atoms with E-state index in [1.807, 2.05) is 30.3 Å². The van der Waals surface area contributed by atoms with Crippen molar-refractivity contribution in [1.29, 1.82) is 0 Å². The molecule has 0 radical (unpaired) electrons. The highest BCUT2D eigenvalue weighted by Crippen LogP contribution is 2.31. The van der Waals surface area contributed by atoms with Gasteiger partial charge in [-0.15, -0.1) is 0 Å². The lowest BCUT2D eigenvalue weighted by molar-refractivity contribution is -0.115. The van der Waals surface area contributed by atoms with Crippen LogP contribution in [0.1, 0.15) is 29.4 Å². The summed E-state index contributed by atoms with van der Waals surface area (Å²) in [6, 6.07) is 18.4. The van der Waals surface area contributed by atoms with E-state index in [0.29, 0.717) is 10.1 Å². The first kappa shape index (κ1) is 20.7. The summed E-state index contributed by atoms with van der Waals surface area (Å²) in [5.74, 6) is -0.115. The normalized spacial score (nSPS) is 16.5. The van der Waals surface area contributed by atoms with Crippen molar-refractivity contribution < 1.29 is 4.79 Å². The average molecular weight is 480 g/mol. The summed E-state index contributed by atoms with van der Waals surface area (Å²) < 4.78 is 3.23. The molecule has 0 spiro atoms. The number of benzene rings is 2. The van der Waals surface area contributed by atoms with Crippen LogP contribution in [-0.4, -0.2) is 15.6 Å². The van der Waals surface area contributed by atoms with E-state index in [2.05, 4.69) is 81.9 Å². The quantitative estimate of drug-likeness (QED) is 0.445. The van der Waals surface area contributed by atoms with Crippen molar-refractivity contribution in [3.05, 3.63) is 86.5 Å². The van der Waals surface area contributed by atoms with Gasteiger partial charge in [-0.2, -0.15) is 0 Å². The summed E-state index contributed by atoms with van der Waals surface area (Å²) in [6.07, 6.45) is 2.94. The third kappa shape index (κ3) is 4.30. The lowest BCUT2D eigenvalue weighted by Crippen LogP contribution is -2.19. The van der Waals surface area contributed by atoms with Crippen molar-refractivity contribution in [2.75, 3.05) is 0 Å². The van der Waals surface area contributed by atoms with Gasteiger partial charge < -0.3 is 9.88 Å². The first-order valence-electron chi connectivity index (χ1n) is 9.78. The van der Waals surface area contributed by atoms with Crippen LogP contribution in [-0.2, 0) is 11.2 Å². The van der Waals surface area contributed by atoms with Gasteiger partial charge in [0.2, 0.25) is 0 Å². The van der Waals surface area contributed by atoms with Crippen LogP contribution in [0.25, 0.3) is 11.8 Å². The molecule has 2 heterocycles. The zero-order valence-electron chi connectivity index (χ0n) is 17.1. The van der Waals surface area contributed by atoms with Crippen LogP contribution in [0.3, 0.4) is 0 Å². The minimum Gasteiger partial charge on any atom is -0.318 e. The second-order valence-electron chi connectivity index (χ2n) is 7.14. The zero-order chi connectivity index (χ0) is 21.3. The molecule has 0 atom stereocenters. The van der Waals surface area contributed by atoms with Crippen molar-refractivity contribution in [1.82, 2.24) is 9.88 Å². The van der Waals surface area contributed by atoms with Gasteiger partial charge in [-0.1, -0.05) is 41.1 Å². The summed E-state index contributed by atoms with van der Waals surface area (Å²) in [7, 11) is 0. The van der Waals surface area contributed by atoms with Crippen LogP contribution in [0.15, 0.2) is 69.0 Å². The molecule has 152 valence electrons. The first-order valence-corrected chi connectivity index (χ1v) is 11.4. The highest BCUT2D eigenvalue weighted by Gasteiger charge is 2.24. The minimum absolute atomic E-state index is 0.115.